The summed E-state index contributed by atoms with van der Waals surface area (Å²) < 4.78 is 61.6. The van der Waals surface area contributed by atoms with Crippen molar-refractivity contribution in [2.45, 2.75) is 18.5 Å². The van der Waals surface area contributed by atoms with Gasteiger partial charge in [-0.25, -0.2) is 4.39 Å². The van der Waals surface area contributed by atoms with E-state index in [1.807, 2.05) is 4.90 Å². The van der Waals surface area contributed by atoms with Crippen molar-refractivity contribution in [3.05, 3.63) is 65.7 Å². The van der Waals surface area contributed by atoms with Crippen LogP contribution < -0.4 is 4.74 Å². The van der Waals surface area contributed by atoms with Crippen molar-refractivity contribution < 1.29 is 36.6 Å². The van der Waals surface area contributed by atoms with Crippen molar-refractivity contribution in [3.63, 3.8) is 0 Å². The zero-order valence-corrected chi connectivity index (χ0v) is 17.0. The molecule has 0 spiro atoms. The number of aliphatic hydroxyl groups excluding tert-OH is 1. The first-order valence-electron chi connectivity index (χ1n) is 9.84. The third-order valence-electron chi connectivity index (χ3n) is 5.38. The zero-order valence-electron chi connectivity index (χ0n) is 17.0. The molecule has 1 aromatic heterocycles. The third kappa shape index (κ3) is 4.56. The maximum atomic E-state index is 13.5. The minimum absolute atomic E-state index is 0.128. The highest BCUT2D eigenvalue weighted by atomic mass is 19.4. The molecule has 0 saturated carbocycles. The lowest BCUT2D eigenvalue weighted by Gasteiger charge is -2.41. The minimum atomic E-state index is -4.96. The van der Waals surface area contributed by atoms with Gasteiger partial charge in [0.05, 0.1) is 11.6 Å². The Balaban J connectivity index is 1.66. The summed E-state index contributed by atoms with van der Waals surface area (Å²) in [5.41, 5.74) is 0.102. The molecule has 32 heavy (non-hydrogen) atoms. The van der Waals surface area contributed by atoms with E-state index < -0.39 is 36.0 Å². The number of alkyl halides is 3. The van der Waals surface area contributed by atoms with Crippen molar-refractivity contribution in [2.24, 2.45) is 0 Å². The van der Waals surface area contributed by atoms with Gasteiger partial charge >= 0.3 is 6.36 Å². The molecule has 4 rings (SSSR count). The zero-order chi connectivity index (χ0) is 23.0. The number of halogens is 4. The number of fused-ring (bicyclic) bond motifs is 1. The molecule has 1 aliphatic heterocycles. The normalized spacial score (nSPS) is 18.7. The smallest absolute Gasteiger partial charge is 0.458 e. The summed E-state index contributed by atoms with van der Waals surface area (Å²) in [5, 5.41) is 11.5. The van der Waals surface area contributed by atoms with Gasteiger partial charge in [0.25, 0.3) is 5.91 Å². The molecule has 170 valence electrons. The van der Waals surface area contributed by atoms with Crippen LogP contribution >= 0.6 is 0 Å². The number of furan rings is 1. The standard InChI is InChI=1S/C22H20F4N2O4/c1-27-8-9-28(21(30)15-4-2-3-5-18(15)32-22(24,25)26)16(12-27)20(29)19-11-13-10-14(23)6-7-17(13)31-19/h2-7,10-11,16,20,29H,8-9,12H2,1H3. The van der Waals surface area contributed by atoms with Crippen LogP contribution in [0.5, 0.6) is 5.75 Å². The molecular formula is C22H20F4N2O4. The van der Waals surface area contributed by atoms with Crippen LogP contribution in [0.3, 0.4) is 0 Å². The summed E-state index contributed by atoms with van der Waals surface area (Å²) in [5.74, 6) is -1.65. The molecular weight excluding hydrogens is 432 g/mol. The highest BCUT2D eigenvalue weighted by Gasteiger charge is 2.39. The number of hydrogen-bond donors (Lipinski definition) is 1. The molecule has 1 amide bonds. The molecule has 0 aliphatic carbocycles. The highest BCUT2D eigenvalue weighted by Crippen LogP contribution is 2.32. The Kier molecular flexibility index (Phi) is 5.83. The predicted octanol–water partition coefficient (Wildman–Crippen LogP) is 3.96. The number of amides is 1. The summed E-state index contributed by atoms with van der Waals surface area (Å²) in [7, 11) is 1.80. The fraction of sp³-hybridized carbons (Fsp3) is 0.318. The molecule has 3 aromatic rings. The van der Waals surface area contributed by atoms with E-state index >= 15 is 0 Å². The lowest BCUT2D eigenvalue weighted by Crippen LogP contribution is -2.56. The van der Waals surface area contributed by atoms with Gasteiger partial charge in [-0.05, 0) is 43.4 Å². The van der Waals surface area contributed by atoms with Gasteiger partial charge in [-0.1, -0.05) is 12.1 Å². The number of hydrogen-bond acceptors (Lipinski definition) is 5. The van der Waals surface area contributed by atoms with Crippen molar-refractivity contribution in [3.8, 4) is 5.75 Å². The fourth-order valence-corrected chi connectivity index (χ4v) is 3.86. The molecule has 2 aromatic carbocycles. The molecule has 2 atom stereocenters. The number of nitrogens with zero attached hydrogens (tertiary/aromatic N) is 2. The molecule has 1 fully saturated rings. The minimum Gasteiger partial charge on any atom is -0.458 e. The Morgan fingerprint density at radius 3 is 2.69 bits per heavy atom. The van der Waals surface area contributed by atoms with Gasteiger partial charge in [-0.15, -0.1) is 13.2 Å². The van der Waals surface area contributed by atoms with E-state index in [0.717, 1.165) is 6.07 Å². The van der Waals surface area contributed by atoms with Crippen LogP contribution in [0, 0.1) is 5.82 Å². The van der Waals surface area contributed by atoms with Crippen LogP contribution in [0.1, 0.15) is 22.2 Å². The van der Waals surface area contributed by atoms with E-state index in [9.17, 15) is 27.5 Å². The second-order valence-electron chi connectivity index (χ2n) is 7.65. The van der Waals surface area contributed by atoms with Crippen LogP contribution in [-0.4, -0.2) is 59.9 Å². The summed E-state index contributed by atoms with van der Waals surface area (Å²) >= 11 is 0. The molecule has 2 unspecified atom stereocenters. The van der Waals surface area contributed by atoms with Crippen LogP contribution in [-0.2, 0) is 0 Å². The number of ether oxygens (including phenoxy) is 1. The second kappa shape index (κ2) is 8.44. The summed E-state index contributed by atoms with van der Waals surface area (Å²) in [6, 6.07) is 9.67. The van der Waals surface area contributed by atoms with E-state index in [-0.39, 0.29) is 24.4 Å². The molecule has 0 bridgehead atoms. The van der Waals surface area contributed by atoms with Gasteiger partial charge in [0.1, 0.15) is 29.0 Å². The monoisotopic (exact) mass is 452 g/mol. The Morgan fingerprint density at radius 2 is 1.94 bits per heavy atom. The average Bonchev–Trinajstić information content (AvgIpc) is 3.15. The number of rotatable bonds is 4. The lowest BCUT2D eigenvalue weighted by molar-refractivity contribution is -0.274. The highest BCUT2D eigenvalue weighted by molar-refractivity contribution is 5.97. The first kappa shape index (κ1) is 22.1. The third-order valence-corrected chi connectivity index (χ3v) is 5.38. The molecule has 6 nitrogen and oxygen atoms in total. The van der Waals surface area contributed by atoms with E-state index in [2.05, 4.69) is 4.74 Å². The number of carbonyl (C=O) groups excluding carboxylic acids is 1. The predicted molar refractivity (Wildman–Crippen MR) is 107 cm³/mol. The van der Waals surface area contributed by atoms with Crippen LogP contribution in [0.4, 0.5) is 17.6 Å². The Hall–Kier alpha value is -3.11. The number of likely N-dealkylation sites (N-methyl/N-ethyl adjacent to an activating group) is 1. The molecule has 1 aliphatic rings. The number of para-hydroxylation sites is 1. The molecule has 1 N–H and O–H groups in total. The second-order valence-corrected chi connectivity index (χ2v) is 7.65. The van der Waals surface area contributed by atoms with Crippen LogP contribution in [0.25, 0.3) is 11.0 Å². The largest absolute Gasteiger partial charge is 0.573 e. The van der Waals surface area contributed by atoms with Gasteiger partial charge in [0.15, 0.2) is 0 Å². The summed E-state index contributed by atoms with van der Waals surface area (Å²) in [6.45, 7) is 0.884. The summed E-state index contributed by atoms with van der Waals surface area (Å²) in [4.78, 5) is 16.4. The molecule has 1 saturated heterocycles. The average molecular weight is 452 g/mol. The first-order valence-corrected chi connectivity index (χ1v) is 9.84. The van der Waals surface area contributed by atoms with E-state index in [1.165, 1.54) is 47.4 Å². The fourth-order valence-electron chi connectivity index (χ4n) is 3.86. The lowest BCUT2D eigenvalue weighted by atomic mass is 10.0. The van der Waals surface area contributed by atoms with Crippen molar-refractivity contribution in [2.75, 3.05) is 26.7 Å². The summed E-state index contributed by atoms with van der Waals surface area (Å²) in [6.07, 6.45) is -6.24. The first-order chi connectivity index (χ1) is 15.1. The molecule has 2 heterocycles. The number of aliphatic hydroxyl groups is 1. The van der Waals surface area contributed by atoms with Crippen molar-refractivity contribution >= 4 is 16.9 Å². The van der Waals surface area contributed by atoms with Gasteiger partial charge in [0.2, 0.25) is 0 Å². The van der Waals surface area contributed by atoms with Gasteiger partial charge in [0, 0.05) is 25.0 Å². The Morgan fingerprint density at radius 1 is 1.19 bits per heavy atom. The van der Waals surface area contributed by atoms with Gasteiger partial charge in [-0.2, -0.15) is 0 Å². The van der Waals surface area contributed by atoms with Crippen molar-refractivity contribution in [1.82, 2.24) is 9.80 Å². The number of benzene rings is 2. The van der Waals surface area contributed by atoms with Crippen LogP contribution in [0.2, 0.25) is 0 Å². The maximum absolute atomic E-state index is 13.5. The quantitative estimate of drug-likeness (QED) is 0.607. The number of piperazine rings is 1. The van der Waals surface area contributed by atoms with Gasteiger partial charge < -0.3 is 24.1 Å². The van der Waals surface area contributed by atoms with Crippen molar-refractivity contribution in [1.29, 1.82) is 0 Å². The van der Waals surface area contributed by atoms with E-state index in [0.29, 0.717) is 17.5 Å². The van der Waals surface area contributed by atoms with E-state index in [4.69, 9.17) is 4.42 Å². The van der Waals surface area contributed by atoms with Gasteiger partial charge in [-0.3, -0.25) is 4.79 Å². The SMILES string of the molecule is CN1CCN(C(=O)c2ccccc2OC(F)(F)F)C(C(O)c2cc3cc(F)ccc3o2)C1. The Labute approximate surface area is 180 Å². The topological polar surface area (TPSA) is 66.2 Å². The Bertz CT molecular complexity index is 1130. The number of carbonyl (C=O) groups is 1. The van der Waals surface area contributed by atoms with Crippen LogP contribution in [0.15, 0.2) is 52.9 Å². The molecule has 0 radical (unpaired) electrons. The maximum Gasteiger partial charge on any atom is 0.573 e. The molecule has 10 heteroatoms. The van der Waals surface area contributed by atoms with E-state index in [1.54, 1.807) is 7.05 Å².